The Kier molecular flexibility index (Phi) is 6.56. The lowest BCUT2D eigenvalue weighted by atomic mass is 10.1. The molecular weight excluding hydrogens is 466 g/mol. The average Bonchev–Trinajstić information content (AvgIpc) is 3.40. The van der Waals surface area contributed by atoms with Crippen molar-refractivity contribution in [2.24, 2.45) is 0 Å². The first-order chi connectivity index (χ1) is 17.1. The van der Waals surface area contributed by atoms with Gasteiger partial charge in [-0.05, 0) is 52.8 Å². The molecule has 0 fully saturated rings. The SMILES string of the molecule is Cc1cc(-c2cc(C(=O)OC(C)C(=O)Nc3ccccc3[N+](=O)[O-])c3cnn(C(C)C)c3n2)c(C)o1. The monoisotopic (exact) mass is 491 g/mol. The van der Waals surface area contributed by atoms with Gasteiger partial charge in [0.15, 0.2) is 11.8 Å². The van der Waals surface area contributed by atoms with E-state index in [2.05, 4.69) is 10.4 Å². The van der Waals surface area contributed by atoms with E-state index in [0.29, 0.717) is 28.2 Å². The number of para-hydroxylation sites is 2. The second-order valence-corrected chi connectivity index (χ2v) is 8.61. The Bertz CT molecular complexity index is 1490. The minimum Gasteiger partial charge on any atom is -0.466 e. The van der Waals surface area contributed by atoms with E-state index < -0.39 is 22.9 Å². The van der Waals surface area contributed by atoms with Gasteiger partial charge in [0, 0.05) is 17.7 Å². The molecule has 1 amide bonds. The summed E-state index contributed by atoms with van der Waals surface area (Å²) in [6.45, 7) is 8.91. The molecule has 3 aromatic heterocycles. The predicted octanol–water partition coefficient (Wildman–Crippen LogP) is 4.98. The third-order valence-corrected chi connectivity index (χ3v) is 5.60. The Hall–Kier alpha value is -4.54. The van der Waals surface area contributed by atoms with Crippen LogP contribution in [0.2, 0.25) is 0 Å². The number of nitro groups is 1. The number of nitro benzene ring substituents is 1. The van der Waals surface area contributed by atoms with Crippen LogP contribution in [-0.2, 0) is 9.53 Å². The van der Waals surface area contributed by atoms with E-state index in [1.54, 1.807) is 23.7 Å². The Morgan fingerprint density at radius 1 is 1.17 bits per heavy atom. The van der Waals surface area contributed by atoms with Crippen molar-refractivity contribution in [3.05, 3.63) is 69.8 Å². The largest absolute Gasteiger partial charge is 0.466 e. The topological polar surface area (TPSA) is 142 Å². The molecule has 186 valence electrons. The maximum Gasteiger partial charge on any atom is 0.339 e. The second-order valence-electron chi connectivity index (χ2n) is 8.61. The van der Waals surface area contributed by atoms with Gasteiger partial charge in [-0.3, -0.25) is 14.9 Å². The van der Waals surface area contributed by atoms with E-state index in [1.165, 1.54) is 31.3 Å². The van der Waals surface area contributed by atoms with Crippen LogP contribution in [0.4, 0.5) is 11.4 Å². The fourth-order valence-corrected chi connectivity index (χ4v) is 3.84. The number of carbonyl (C=O) groups is 2. The predicted molar refractivity (Wildman–Crippen MR) is 132 cm³/mol. The number of hydrogen-bond acceptors (Lipinski definition) is 8. The first kappa shape index (κ1) is 24.6. The van der Waals surface area contributed by atoms with Crippen molar-refractivity contribution in [2.45, 2.75) is 46.8 Å². The zero-order chi connectivity index (χ0) is 26.1. The zero-order valence-corrected chi connectivity index (χ0v) is 20.4. The summed E-state index contributed by atoms with van der Waals surface area (Å²) in [4.78, 5) is 41.3. The van der Waals surface area contributed by atoms with Gasteiger partial charge in [-0.15, -0.1) is 0 Å². The summed E-state index contributed by atoms with van der Waals surface area (Å²) >= 11 is 0. The number of furan rings is 1. The number of pyridine rings is 1. The second kappa shape index (κ2) is 9.61. The van der Waals surface area contributed by atoms with Crippen LogP contribution in [0, 0.1) is 24.0 Å². The first-order valence-corrected chi connectivity index (χ1v) is 11.3. The van der Waals surface area contributed by atoms with Crippen LogP contribution in [0.3, 0.4) is 0 Å². The molecule has 0 aliphatic carbocycles. The number of nitrogens with one attached hydrogen (secondary N) is 1. The minimum absolute atomic E-state index is 0.00741. The molecule has 0 saturated carbocycles. The number of aryl methyl sites for hydroxylation is 2. The highest BCUT2D eigenvalue weighted by Gasteiger charge is 2.26. The van der Waals surface area contributed by atoms with E-state index >= 15 is 0 Å². The van der Waals surface area contributed by atoms with Crippen molar-refractivity contribution >= 4 is 34.3 Å². The van der Waals surface area contributed by atoms with E-state index in [4.69, 9.17) is 14.1 Å². The summed E-state index contributed by atoms with van der Waals surface area (Å²) in [7, 11) is 0. The van der Waals surface area contributed by atoms with Crippen LogP contribution in [0.5, 0.6) is 0 Å². The molecule has 11 nitrogen and oxygen atoms in total. The van der Waals surface area contributed by atoms with Gasteiger partial charge in [-0.2, -0.15) is 5.10 Å². The highest BCUT2D eigenvalue weighted by Crippen LogP contribution is 2.30. The quantitative estimate of drug-likeness (QED) is 0.217. The van der Waals surface area contributed by atoms with Gasteiger partial charge in [-0.25, -0.2) is 14.5 Å². The number of fused-ring (bicyclic) bond motifs is 1. The molecule has 0 spiro atoms. The normalized spacial score (nSPS) is 12.1. The minimum atomic E-state index is -1.23. The molecule has 1 atom stereocenters. The van der Waals surface area contributed by atoms with E-state index in [9.17, 15) is 19.7 Å². The number of anilines is 1. The molecule has 0 bridgehead atoms. The van der Waals surface area contributed by atoms with Gasteiger partial charge in [0.25, 0.3) is 11.6 Å². The molecule has 0 saturated heterocycles. The first-order valence-electron chi connectivity index (χ1n) is 11.3. The maximum atomic E-state index is 13.3. The van der Waals surface area contributed by atoms with E-state index in [0.717, 1.165) is 5.56 Å². The molecule has 0 aliphatic rings. The fraction of sp³-hybridized carbons (Fsp3) is 0.280. The molecule has 4 rings (SSSR count). The Morgan fingerprint density at radius 3 is 2.53 bits per heavy atom. The summed E-state index contributed by atoms with van der Waals surface area (Å²) in [5.41, 5.74) is 1.64. The fourth-order valence-electron chi connectivity index (χ4n) is 3.84. The maximum absolute atomic E-state index is 13.3. The Morgan fingerprint density at radius 2 is 1.89 bits per heavy atom. The standard InChI is InChI=1S/C25H25N5O6/c1-13(2)29-23-19(12-26-29)18(11-21(27-23)17-10-14(3)35-15(17)4)25(32)36-16(5)24(31)28-20-8-6-7-9-22(20)30(33)34/h6-13,16H,1-5H3,(H,28,31). The van der Waals surface area contributed by atoms with Crippen LogP contribution < -0.4 is 5.32 Å². The number of carbonyl (C=O) groups excluding carboxylic acids is 2. The third-order valence-electron chi connectivity index (χ3n) is 5.60. The summed E-state index contributed by atoms with van der Waals surface area (Å²) < 4.78 is 12.8. The molecule has 1 N–H and O–H groups in total. The number of hydrogen-bond donors (Lipinski definition) is 1. The van der Waals surface area contributed by atoms with Gasteiger partial charge in [0.2, 0.25) is 0 Å². The summed E-state index contributed by atoms with van der Waals surface area (Å²) in [5.74, 6) is -0.116. The van der Waals surface area contributed by atoms with Crippen LogP contribution in [0.25, 0.3) is 22.3 Å². The van der Waals surface area contributed by atoms with Crippen molar-refractivity contribution in [1.29, 1.82) is 0 Å². The van der Waals surface area contributed by atoms with Crippen LogP contribution >= 0.6 is 0 Å². The lowest BCUT2D eigenvalue weighted by molar-refractivity contribution is -0.383. The smallest absolute Gasteiger partial charge is 0.339 e. The third kappa shape index (κ3) is 4.67. The number of benzene rings is 1. The summed E-state index contributed by atoms with van der Waals surface area (Å²) in [6.07, 6.45) is 0.302. The molecule has 0 radical (unpaired) electrons. The van der Waals surface area contributed by atoms with Crippen molar-refractivity contribution < 1.29 is 23.7 Å². The highest BCUT2D eigenvalue weighted by atomic mass is 16.6. The van der Waals surface area contributed by atoms with Gasteiger partial charge >= 0.3 is 5.97 Å². The van der Waals surface area contributed by atoms with Crippen LogP contribution in [0.15, 0.2) is 47.0 Å². The average molecular weight is 492 g/mol. The molecule has 4 aromatic rings. The number of rotatable bonds is 7. The molecule has 1 aromatic carbocycles. The summed E-state index contributed by atoms with van der Waals surface area (Å²) in [5, 5.41) is 18.5. The van der Waals surface area contributed by atoms with Crippen molar-refractivity contribution in [3.8, 4) is 11.3 Å². The zero-order valence-electron chi connectivity index (χ0n) is 20.4. The van der Waals surface area contributed by atoms with Crippen LogP contribution in [-0.4, -0.2) is 37.7 Å². The van der Waals surface area contributed by atoms with Crippen molar-refractivity contribution in [3.63, 3.8) is 0 Å². The van der Waals surface area contributed by atoms with Crippen molar-refractivity contribution in [1.82, 2.24) is 14.8 Å². The number of amides is 1. The Labute approximate surface area is 206 Å². The number of nitrogens with zero attached hydrogens (tertiary/aromatic N) is 4. The molecular formula is C25H25N5O6. The van der Waals surface area contributed by atoms with Crippen molar-refractivity contribution in [2.75, 3.05) is 5.32 Å². The van der Waals surface area contributed by atoms with E-state index in [-0.39, 0.29) is 23.0 Å². The molecule has 36 heavy (non-hydrogen) atoms. The number of esters is 1. The van der Waals surface area contributed by atoms with Crippen LogP contribution in [0.1, 0.15) is 48.7 Å². The lowest BCUT2D eigenvalue weighted by Gasteiger charge is -2.15. The van der Waals surface area contributed by atoms with E-state index in [1.807, 2.05) is 26.8 Å². The van der Waals surface area contributed by atoms with Gasteiger partial charge in [0.05, 0.1) is 27.8 Å². The highest BCUT2D eigenvalue weighted by molar-refractivity contribution is 6.05. The molecule has 11 heteroatoms. The number of aromatic nitrogens is 3. The number of ether oxygens (including phenoxy) is 1. The van der Waals surface area contributed by atoms with Gasteiger partial charge < -0.3 is 14.5 Å². The van der Waals surface area contributed by atoms with Gasteiger partial charge in [0.1, 0.15) is 17.2 Å². The molecule has 1 unspecified atom stereocenters. The molecule has 3 heterocycles. The Balaban J connectivity index is 1.67. The summed E-state index contributed by atoms with van der Waals surface area (Å²) in [6, 6.07) is 9.11. The van der Waals surface area contributed by atoms with Gasteiger partial charge in [-0.1, -0.05) is 12.1 Å². The molecule has 0 aliphatic heterocycles. The lowest BCUT2D eigenvalue weighted by Crippen LogP contribution is -2.30.